The number of rotatable bonds is 3. The first kappa shape index (κ1) is 16.3. The molecule has 1 aromatic rings. The molecule has 3 heteroatoms. The molecule has 0 unspecified atom stereocenters. The van der Waals surface area contributed by atoms with E-state index in [0.29, 0.717) is 12.0 Å². The van der Waals surface area contributed by atoms with E-state index in [0.717, 1.165) is 12.0 Å². The highest BCUT2D eigenvalue weighted by Gasteiger charge is 2.42. The van der Waals surface area contributed by atoms with E-state index in [-0.39, 0.29) is 5.04 Å². The van der Waals surface area contributed by atoms with E-state index >= 15 is 0 Å². The lowest BCUT2D eigenvalue weighted by Gasteiger charge is -2.40. The summed E-state index contributed by atoms with van der Waals surface area (Å²) in [4.78, 5) is 0. The van der Waals surface area contributed by atoms with Gasteiger partial charge in [-0.05, 0) is 48.7 Å². The summed E-state index contributed by atoms with van der Waals surface area (Å²) in [6.45, 7) is 11.6. The molecule has 0 saturated heterocycles. The van der Waals surface area contributed by atoms with Gasteiger partial charge in [0.15, 0.2) is 8.32 Å². The Morgan fingerprint density at radius 2 is 1.76 bits per heavy atom. The summed E-state index contributed by atoms with van der Waals surface area (Å²) in [6, 6.07) is 10.3. The second kappa shape index (κ2) is 5.94. The van der Waals surface area contributed by atoms with Gasteiger partial charge in [0, 0.05) is 5.92 Å². The highest BCUT2D eigenvalue weighted by molar-refractivity contribution is 6.74. The van der Waals surface area contributed by atoms with Crippen LogP contribution in [0.15, 0.2) is 24.3 Å². The number of benzene rings is 1. The third-order valence-electron chi connectivity index (χ3n) is 5.17. The highest BCUT2D eigenvalue weighted by atomic mass is 28.4. The Hall–Kier alpha value is -1.11. The van der Waals surface area contributed by atoms with E-state index in [2.05, 4.69) is 52.1 Å². The summed E-state index contributed by atoms with van der Waals surface area (Å²) in [5, 5.41) is 9.17. The molecule has 2 rings (SSSR count). The normalized spacial score (nSPS) is 23.0. The molecule has 2 atom stereocenters. The first-order chi connectivity index (χ1) is 9.74. The Kier molecular flexibility index (Phi) is 4.60. The molecule has 0 aromatic heterocycles. The van der Waals surface area contributed by atoms with Gasteiger partial charge in [0.05, 0.1) is 17.7 Å². The fourth-order valence-corrected chi connectivity index (χ4v) is 4.20. The van der Waals surface area contributed by atoms with Crippen LogP contribution in [-0.2, 0) is 4.43 Å². The van der Waals surface area contributed by atoms with Gasteiger partial charge in [-0.2, -0.15) is 5.26 Å². The zero-order valence-corrected chi connectivity index (χ0v) is 14.9. The van der Waals surface area contributed by atoms with Crippen LogP contribution in [0.1, 0.15) is 57.1 Å². The summed E-state index contributed by atoms with van der Waals surface area (Å²) in [5.41, 5.74) is 2.06. The zero-order chi connectivity index (χ0) is 15.7. The van der Waals surface area contributed by atoms with Crippen molar-refractivity contribution in [3.05, 3.63) is 35.4 Å². The molecule has 1 aliphatic rings. The van der Waals surface area contributed by atoms with Crippen molar-refractivity contribution in [3.63, 3.8) is 0 Å². The van der Waals surface area contributed by atoms with Crippen molar-refractivity contribution in [1.29, 1.82) is 5.26 Å². The Morgan fingerprint density at radius 3 is 2.29 bits per heavy atom. The predicted octanol–water partition coefficient (Wildman–Crippen LogP) is 5.22. The van der Waals surface area contributed by atoms with Gasteiger partial charge in [-0.15, -0.1) is 0 Å². The second-order valence-electron chi connectivity index (χ2n) is 7.69. The lowest BCUT2D eigenvalue weighted by Crippen LogP contribution is -2.44. The lowest BCUT2D eigenvalue weighted by atomic mass is 9.95. The molecular weight excluding hydrogens is 274 g/mol. The molecule has 0 radical (unpaired) electrons. The molecule has 2 nitrogen and oxygen atoms in total. The van der Waals surface area contributed by atoms with Crippen LogP contribution in [-0.4, -0.2) is 14.4 Å². The van der Waals surface area contributed by atoms with Crippen LogP contribution in [0, 0.1) is 11.3 Å². The van der Waals surface area contributed by atoms with Crippen molar-refractivity contribution in [2.24, 2.45) is 0 Å². The van der Waals surface area contributed by atoms with Crippen LogP contribution < -0.4 is 0 Å². The first-order valence-corrected chi connectivity index (χ1v) is 10.8. The molecule has 1 aromatic carbocycles. The van der Waals surface area contributed by atoms with Crippen LogP contribution >= 0.6 is 0 Å². The summed E-state index contributed by atoms with van der Waals surface area (Å²) in [5.74, 6) is 0.492. The summed E-state index contributed by atoms with van der Waals surface area (Å²) >= 11 is 0. The largest absolute Gasteiger partial charge is 0.413 e. The lowest BCUT2D eigenvalue weighted by molar-refractivity contribution is 0.170. The van der Waals surface area contributed by atoms with Crippen LogP contribution in [0.5, 0.6) is 0 Å². The van der Waals surface area contributed by atoms with E-state index in [4.69, 9.17) is 9.69 Å². The number of hydrogen-bond donors (Lipinski definition) is 0. The molecule has 114 valence electrons. The molecule has 0 bridgehead atoms. The van der Waals surface area contributed by atoms with E-state index in [1.54, 1.807) is 0 Å². The molecule has 0 N–H and O–H groups in total. The maximum Gasteiger partial charge on any atom is 0.192 e. The molecule has 1 fully saturated rings. The van der Waals surface area contributed by atoms with E-state index in [1.165, 1.54) is 18.4 Å². The quantitative estimate of drug-likeness (QED) is 0.717. The maximum atomic E-state index is 8.92. The summed E-state index contributed by atoms with van der Waals surface area (Å²) in [6.07, 6.45) is 3.95. The van der Waals surface area contributed by atoms with Gasteiger partial charge < -0.3 is 4.43 Å². The van der Waals surface area contributed by atoms with Gasteiger partial charge >= 0.3 is 0 Å². The minimum Gasteiger partial charge on any atom is -0.413 e. The predicted molar refractivity (Wildman–Crippen MR) is 89.8 cm³/mol. The highest BCUT2D eigenvalue weighted by Crippen LogP contribution is 2.43. The van der Waals surface area contributed by atoms with Crippen LogP contribution in [0.25, 0.3) is 0 Å². The van der Waals surface area contributed by atoms with Crippen molar-refractivity contribution >= 4 is 8.32 Å². The number of nitriles is 1. The topological polar surface area (TPSA) is 33.0 Å². The Bertz CT molecular complexity index is 522. The fraction of sp³-hybridized carbons (Fsp3) is 0.611. The molecule has 21 heavy (non-hydrogen) atoms. The van der Waals surface area contributed by atoms with Crippen molar-refractivity contribution < 1.29 is 4.43 Å². The van der Waals surface area contributed by atoms with Crippen molar-refractivity contribution in [2.75, 3.05) is 0 Å². The van der Waals surface area contributed by atoms with Gasteiger partial charge in [-0.1, -0.05) is 39.3 Å². The van der Waals surface area contributed by atoms with Crippen LogP contribution in [0.2, 0.25) is 18.1 Å². The molecule has 1 aliphatic carbocycles. The molecule has 0 heterocycles. The molecule has 0 spiro atoms. The fourth-order valence-electron chi connectivity index (χ4n) is 2.81. The summed E-state index contributed by atoms with van der Waals surface area (Å²) < 4.78 is 6.66. The molecule has 0 aliphatic heterocycles. The van der Waals surface area contributed by atoms with Crippen molar-refractivity contribution in [3.8, 4) is 6.07 Å². The first-order valence-electron chi connectivity index (χ1n) is 7.92. The van der Waals surface area contributed by atoms with E-state index in [9.17, 15) is 0 Å². The second-order valence-corrected chi connectivity index (χ2v) is 12.4. The van der Waals surface area contributed by atoms with Gasteiger partial charge in [-0.25, -0.2) is 0 Å². The monoisotopic (exact) mass is 301 g/mol. The number of nitrogens with zero attached hydrogens (tertiary/aromatic N) is 1. The van der Waals surface area contributed by atoms with Gasteiger partial charge in [0.25, 0.3) is 0 Å². The molecule has 0 amide bonds. The van der Waals surface area contributed by atoms with E-state index < -0.39 is 8.32 Å². The smallest absolute Gasteiger partial charge is 0.192 e. The minimum absolute atomic E-state index is 0.255. The maximum absolute atomic E-state index is 8.92. The van der Waals surface area contributed by atoms with Crippen molar-refractivity contribution in [1.82, 2.24) is 0 Å². The minimum atomic E-state index is -1.71. The van der Waals surface area contributed by atoms with Gasteiger partial charge in [-0.3, -0.25) is 0 Å². The van der Waals surface area contributed by atoms with Crippen LogP contribution in [0.3, 0.4) is 0 Å². The SMILES string of the molecule is CC(C)(C)[Si](C)(C)O[C@@H]1CCC[C@H]1c1ccc(C#N)cc1. The molecular formula is C18H27NOSi. The zero-order valence-electron chi connectivity index (χ0n) is 13.9. The third kappa shape index (κ3) is 3.56. The number of hydrogen-bond acceptors (Lipinski definition) is 2. The Morgan fingerprint density at radius 1 is 1.14 bits per heavy atom. The Balaban J connectivity index is 2.15. The summed E-state index contributed by atoms with van der Waals surface area (Å²) in [7, 11) is -1.71. The average molecular weight is 302 g/mol. The van der Waals surface area contributed by atoms with Gasteiger partial charge in [0.2, 0.25) is 0 Å². The standard InChI is InChI=1S/C18H27NOSi/c1-18(2,3)21(4,5)20-17-8-6-7-16(17)15-11-9-14(13-19)10-12-15/h9-12,16-17H,6-8H2,1-5H3/t16-,17+/m0/s1. The van der Waals surface area contributed by atoms with Crippen LogP contribution in [0.4, 0.5) is 0 Å². The Labute approximate surface area is 130 Å². The third-order valence-corrected chi connectivity index (χ3v) is 9.68. The van der Waals surface area contributed by atoms with Gasteiger partial charge in [0.1, 0.15) is 0 Å². The molecule has 1 saturated carbocycles. The average Bonchev–Trinajstić information content (AvgIpc) is 2.85. The van der Waals surface area contributed by atoms with E-state index in [1.807, 2.05) is 12.1 Å². The van der Waals surface area contributed by atoms with Crippen molar-refractivity contribution in [2.45, 2.75) is 70.2 Å².